The predicted molar refractivity (Wildman–Crippen MR) is 123 cm³/mol. The first-order chi connectivity index (χ1) is 15.0. The molecule has 2 aromatic carbocycles. The quantitative estimate of drug-likeness (QED) is 0.624. The standard InChI is InChI=1S/C24H27ClN4O2/c1-17-23(25)18(2)29(27-17)22-9-5-20(6-10-22)24(30)26-21-7-3-19(4-8-21)11-12-28-13-15-31-16-14-28/h3-10H,11-16H2,1-2H3,(H,26,30). The van der Waals surface area contributed by atoms with E-state index in [1.807, 2.05) is 38.1 Å². The molecule has 0 atom stereocenters. The molecule has 1 fully saturated rings. The number of hydrogen-bond donors (Lipinski definition) is 1. The molecule has 31 heavy (non-hydrogen) atoms. The van der Waals surface area contributed by atoms with Gasteiger partial charge in [0.25, 0.3) is 5.91 Å². The van der Waals surface area contributed by atoms with Crippen molar-refractivity contribution in [2.24, 2.45) is 0 Å². The molecule has 0 bridgehead atoms. The lowest BCUT2D eigenvalue weighted by molar-refractivity contribution is 0.0384. The van der Waals surface area contributed by atoms with Crippen LogP contribution in [-0.4, -0.2) is 53.4 Å². The third-order valence-corrected chi connectivity index (χ3v) is 6.16. The van der Waals surface area contributed by atoms with Gasteiger partial charge >= 0.3 is 0 Å². The Morgan fingerprint density at radius 1 is 1.06 bits per heavy atom. The largest absolute Gasteiger partial charge is 0.379 e. The Morgan fingerprint density at radius 2 is 1.74 bits per heavy atom. The minimum Gasteiger partial charge on any atom is -0.379 e. The molecule has 162 valence electrons. The van der Waals surface area contributed by atoms with Crippen LogP contribution >= 0.6 is 11.6 Å². The zero-order chi connectivity index (χ0) is 21.8. The maximum Gasteiger partial charge on any atom is 0.255 e. The molecule has 1 aliphatic heterocycles. The minimum absolute atomic E-state index is 0.140. The molecular weight excluding hydrogens is 412 g/mol. The number of anilines is 1. The average Bonchev–Trinajstić information content (AvgIpc) is 3.06. The molecule has 1 N–H and O–H groups in total. The van der Waals surface area contributed by atoms with Crippen LogP contribution in [0, 0.1) is 13.8 Å². The average molecular weight is 439 g/mol. The fourth-order valence-electron chi connectivity index (χ4n) is 3.70. The highest BCUT2D eigenvalue weighted by Gasteiger charge is 2.13. The second-order valence-electron chi connectivity index (χ2n) is 7.80. The van der Waals surface area contributed by atoms with Crippen LogP contribution in [0.4, 0.5) is 5.69 Å². The van der Waals surface area contributed by atoms with Crippen LogP contribution in [-0.2, 0) is 11.2 Å². The molecule has 0 spiro atoms. The lowest BCUT2D eigenvalue weighted by Gasteiger charge is -2.26. The number of halogens is 1. The number of amides is 1. The molecule has 1 aromatic heterocycles. The van der Waals surface area contributed by atoms with Gasteiger partial charge in [-0.25, -0.2) is 4.68 Å². The van der Waals surface area contributed by atoms with E-state index >= 15 is 0 Å². The Bertz CT molecular complexity index is 1040. The second-order valence-corrected chi connectivity index (χ2v) is 8.18. The molecule has 3 aromatic rings. The molecule has 1 saturated heterocycles. The first kappa shape index (κ1) is 21.6. The summed E-state index contributed by atoms with van der Waals surface area (Å²) >= 11 is 6.24. The van der Waals surface area contributed by atoms with Crippen molar-refractivity contribution in [3.63, 3.8) is 0 Å². The summed E-state index contributed by atoms with van der Waals surface area (Å²) in [6, 6.07) is 15.4. The molecule has 0 unspecified atom stereocenters. The zero-order valence-corrected chi connectivity index (χ0v) is 18.7. The molecule has 0 radical (unpaired) electrons. The van der Waals surface area contributed by atoms with Gasteiger partial charge in [-0.1, -0.05) is 23.7 Å². The van der Waals surface area contributed by atoms with E-state index in [4.69, 9.17) is 16.3 Å². The van der Waals surface area contributed by atoms with Crippen molar-refractivity contribution in [1.82, 2.24) is 14.7 Å². The molecule has 1 aliphatic rings. The Labute approximate surface area is 187 Å². The van der Waals surface area contributed by atoms with Gasteiger partial charge in [-0.3, -0.25) is 9.69 Å². The number of aromatic nitrogens is 2. The number of carbonyl (C=O) groups is 1. The van der Waals surface area contributed by atoms with Crippen molar-refractivity contribution < 1.29 is 9.53 Å². The minimum atomic E-state index is -0.140. The Morgan fingerprint density at radius 3 is 2.35 bits per heavy atom. The smallest absolute Gasteiger partial charge is 0.255 e. The number of carbonyl (C=O) groups excluding carboxylic acids is 1. The van der Waals surface area contributed by atoms with Crippen molar-refractivity contribution in [2.45, 2.75) is 20.3 Å². The zero-order valence-electron chi connectivity index (χ0n) is 17.9. The summed E-state index contributed by atoms with van der Waals surface area (Å²) in [7, 11) is 0. The number of rotatable bonds is 6. The number of benzene rings is 2. The van der Waals surface area contributed by atoms with Crippen molar-refractivity contribution in [3.05, 3.63) is 76.1 Å². The van der Waals surface area contributed by atoms with Crippen LogP contribution in [0.25, 0.3) is 5.69 Å². The van der Waals surface area contributed by atoms with Crippen LogP contribution in [0.1, 0.15) is 27.3 Å². The summed E-state index contributed by atoms with van der Waals surface area (Å²) < 4.78 is 7.18. The van der Waals surface area contributed by atoms with E-state index in [2.05, 4.69) is 27.4 Å². The monoisotopic (exact) mass is 438 g/mol. The summed E-state index contributed by atoms with van der Waals surface area (Å²) in [4.78, 5) is 15.1. The van der Waals surface area contributed by atoms with Gasteiger partial charge < -0.3 is 10.1 Å². The molecule has 7 heteroatoms. The van der Waals surface area contributed by atoms with Crippen LogP contribution in [0.3, 0.4) is 0 Å². The van der Waals surface area contributed by atoms with Crippen molar-refractivity contribution >= 4 is 23.2 Å². The van der Waals surface area contributed by atoms with E-state index < -0.39 is 0 Å². The maximum absolute atomic E-state index is 12.6. The summed E-state index contributed by atoms with van der Waals surface area (Å²) in [5, 5.41) is 8.08. The van der Waals surface area contributed by atoms with Crippen molar-refractivity contribution in [2.75, 3.05) is 38.2 Å². The molecule has 0 aliphatic carbocycles. The maximum atomic E-state index is 12.6. The molecular formula is C24H27ClN4O2. The van der Waals surface area contributed by atoms with E-state index in [1.54, 1.807) is 16.8 Å². The van der Waals surface area contributed by atoms with Gasteiger partial charge in [0.1, 0.15) is 0 Å². The van der Waals surface area contributed by atoms with Gasteiger partial charge in [-0.05, 0) is 62.2 Å². The molecule has 6 nitrogen and oxygen atoms in total. The number of ether oxygens (including phenoxy) is 1. The van der Waals surface area contributed by atoms with Gasteiger partial charge in [0.15, 0.2) is 0 Å². The van der Waals surface area contributed by atoms with E-state index in [1.165, 1.54) is 5.56 Å². The summed E-state index contributed by atoms with van der Waals surface area (Å²) in [6.07, 6.45) is 0.992. The number of morpholine rings is 1. The lowest BCUT2D eigenvalue weighted by atomic mass is 10.1. The third kappa shape index (κ3) is 5.15. The van der Waals surface area contributed by atoms with Gasteiger partial charge in [0.05, 0.1) is 35.3 Å². The number of aryl methyl sites for hydroxylation is 1. The third-order valence-electron chi connectivity index (χ3n) is 5.61. The predicted octanol–water partition coefficient (Wildman–Crippen LogP) is 4.27. The lowest BCUT2D eigenvalue weighted by Crippen LogP contribution is -2.37. The highest BCUT2D eigenvalue weighted by Crippen LogP contribution is 2.22. The first-order valence-electron chi connectivity index (χ1n) is 10.5. The van der Waals surface area contributed by atoms with Gasteiger partial charge in [-0.2, -0.15) is 5.10 Å². The number of nitrogens with zero attached hydrogens (tertiary/aromatic N) is 3. The van der Waals surface area contributed by atoms with E-state index in [0.717, 1.165) is 62.0 Å². The van der Waals surface area contributed by atoms with Crippen molar-refractivity contribution in [1.29, 1.82) is 0 Å². The molecule has 4 rings (SSSR count). The summed E-state index contributed by atoms with van der Waals surface area (Å²) in [5.41, 5.74) is 5.17. The van der Waals surface area contributed by atoms with Crippen molar-refractivity contribution in [3.8, 4) is 5.69 Å². The highest BCUT2D eigenvalue weighted by molar-refractivity contribution is 6.31. The molecule has 2 heterocycles. The fraction of sp³-hybridized carbons (Fsp3) is 0.333. The van der Waals surface area contributed by atoms with Crippen LogP contribution in [0.15, 0.2) is 48.5 Å². The Hall–Kier alpha value is -2.67. The summed E-state index contributed by atoms with van der Waals surface area (Å²) in [5.74, 6) is -0.140. The van der Waals surface area contributed by atoms with Gasteiger partial charge in [0.2, 0.25) is 0 Å². The van der Waals surface area contributed by atoms with Gasteiger partial charge in [-0.15, -0.1) is 0 Å². The first-order valence-corrected chi connectivity index (χ1v) is 10.9. The number of nitrogens with one attached hydrogen (secondary N) is 1. The second kappa shape index (κ2) is 9.64. The number of hydrogen-bond acceptors (Lipinski definition) is 4. The topological polar surface area (TPSA) is 59.4 Å². The van der Waals surface area contributed by atoms with Crippen LogP contribution in [0.5, 0.6) is 0 Å². The fourth-order valence-corrected chi connectivity index (χ4v) is 3.82. The SMILES string of the molecule is Cc1nn(-c2ccc(C(=O)Nc3ccc(CCN4CCOCC4)cc3)cc2)c(C)c1Cl. The highest BCUT2D eigenvalue weighted by atomic mass is 35.5. The van der Waals surface area contributed by atoms with E-state index in [-0.39, 0.29) is 5.91 Å². The van der Waals surface area contributed by atoms with Gasteiger partial charge in [0, 0.05) is 30.9 Å². The normalized spacial score (nSPS) is 14.5. The van der Waals surface area contributed by atoms with E-state index in [9.17, 15) is 4.79 Å². The molecule has 0 saturated carbocycles. The Balaban J connectivity index is 1.35. The van der Waals surface area contributed by atoms with E-state index in [0.29, 0.717) is 10.6 Å². The van der Waals surface area contributed by atoms with Crippen LogP contribution < -0.4 is 5.32 Å². The van der Waals surface area contributed by atoms with Crippen LogP contribution in [0.2, 0.25) is 5.02 Å². The summed E-state index contributed by atoms with van der Waals surface area (Å²) in [6.45, 7) is 8.47. The molecule has 1 amide bonds. The Kier molecular flexibility index (Phi) is 6.70.